The highest BCUT2D eigenvalue weighted by Gasteiger charge is 2.52. The second kappa shape index (κ2) is 18.1. The maximum absolute atomic E-state index is 15.4. The molecule has 1 aromatic heterocycles. The fourth-order valence-corrected chi connectivity index (χ4v) is 6.58. The van der Waals surface area contributed by atoms with Gasteiger partial charge in [0.15, 0.2) is 76.0 Å². The van der Waals surface area contributed by atoms with Gasteiger partial charge in [0, 0.05) is 5.56 Å². The summed E-state index contributed by atoms with van der Waals surface area (Å²) in [6.45, 7) is -0.571. The Morgan fingerprint density at radius 2 is 0.719 bits per heavy atom. The second-order valence-corrected chi connectivity index (χ2v) is 12.8. The van der Waals surface area contributed by atoms with E-state index in [-0.39, 0.29) is 18.0 Å². The summed E-state index contributed by atoms with van der Waals surface area (Å²) in [5, 5.41) is 8.89. The summed E-state index contributed by atoms with van der Waals surface area (Å²) < 4.78 is 295. The summed E-state index contributed by atoms with van der Waals surface area (Å²) in [5.41, 5.74) is -13.5. The maximum atomic E-state index is 15.4. The highest BCUT2D eigenvalue weighted by molar-refractivity contribution is 7.20. The molecular formula is C38H13BF20N2O3. The molecule has 0 atom stereocenters. The van der Waals surface area contributed by atoms with Crippen LogP contribution >= 0.6 is 0 Å². The number of aliphatic hydroxyl groups is 1. The van der Waals surface area contributed by atoms with Crippen LogP contribution in [-0.4, -0.2) is 34.4 Å². The average Bonchev–Trinajstić information content (AvgIpc) is 3.29. The van der Waals surface area contributed by atoms with E-state index >= 15 is 35.1 Å². The smallest absolute Gasteiger partial charge is 0.270 e. The first-order valence-electron chi connectivity index (χ1n) is 16.7. The van der Waals surface area contributed by atoms with Crippen LogP contribution in [0, 0.1) is 116 Å². The first-order valence-corrected chi connectivity index (χ1v) is 16.7. The average molecular weight is 936 g/mol. The summed E-state index contributed by atoms with van der Waals surface area (Å²) in [5.74, 6) is -72.0. The Labute approximate surface area is 341 Å². The molecule has 1 N–H and O–H groups in total. The molecule has 64 heavy (non-hydrogen) atoms. The van der Waals surface area contributed by atoms with Crippen molar-refractivity contribution in [2.24, 2.45) is 0 Å². The number of benzene rings is 5. The van der Waals surface area contributed by atoms with Gasteiger partial charge in [0.2, 0.25) is 12.3 Å². The quantitative estimate of drug-likeness (QED) is 0.0464. The topological polar surface area (TPSA) is 71.1 Å². The number of Topliss-reactive ketones (excluding diaryl/α,β-unsaturated/α-hetero) is 2. The Hall–Kier alpha value is -6.86. The van der Waals surface area contributed by atoms with Crippen LogP contribution in [0.4, 0.5) is 87.8 Å². The van der Waals surface area contributed by atoms with E-state index in [0.29, 0.717) is 5.56 Å². The lowest BCUT2D eigenvalue weighted by Crippen LogP contribution is -2.81. The molecule has 0 saturated heterocycles. The third-order valence-electron chi connectivity index (χ3n) is 9.39. The number of nitrogens with zero attached hydrogens (tertiary/aromatic N) is 2. The van der Waals surface area contributed by atoms with Crippen molar-refractivity contribution in [3.8, 4) is 0 Å². The predicted octanol–water partition coefficient (Wildman–Crippen LogP) is 6.27. The number of hydrogen-bond donors (Lipinski definition) is 1. The van der Waals surface area contributed by atoms with Crippen LogP contribution in [0.3, 0.4) is 0 Å². The SMILES string of the molecule is Fc1c(F)c(F)c([B-](c2c(F)c(F)c(F)c(F)c2F)(c2c(F)c(F)c(F)c(F)c2F)c2c(F)c(F)c(F)c(F)c2F)c(F)c1F.O=C(C[n+]1ccncc1C(=O)CO)c1ccccc1. The molecule has 26 heteroatoms. The Kier molecular flexibility index (Phi) is 13.6. The molecule has 0 aliphatic heterocycles. The van der Waals surface area contributed by atoms with Crippen molar-refractivity contribution in [3.63, 3.8) is 0 Å². The van der Waals surface area contributed by atoms with Crippen LogP contribution in [0.15, 0.2) is 48.9 Å². The highest BCUT2D eigenvalue weighted by Crippen LogP contribution is 2.30. The maximum Gasteiger partial charge on any atom is 0.270 e. The zero-order valence-electron chi connectivity index (χ0n) is 30.3. The molecule has 0 aliphatic carbocycles. The summed E-state index contributed by atoms with van der Waals surface area (Å²) >= 11 is 0. The van der Waals surface area contributed by atoms with Crippen LogP contribution in [0.2, 0.25) is 0 Å². The monoisotopic (exact) mass is 936 g/mol. The fraction of sp³-hybridized carbons (Fsp3) is 0.0526. The van der Waals surface area contributed by atoms with E-state index in [0.717, 1.165) is 0 Å². The van der Waals surface area contributed by atoms with E-state index in [4.69, 9.17) is 5.11 Å². The molecule has 0 bridgehead atoms. The molecule has 0 fully saturated rings. The Balaban J connectivity index is 0.000000337. The molecule has 1 heterocycles. The van der Waals surface area contributed by atoms with Crippen molar-refractivity contribution in [1.82, 2.24) is 4.98 Å². The van der Waals surface area contributed by atoms with Gasteiger partial charge in [-0.15, -0.1) is 21.9 Å². The van der Waals surface area contributed by atoms with Gasteiger partial charge in [-0.25, -0.2) is 87.8 Å². The number of hydrogen-bond acceptors (Lipinski definition) is 4. The molecule has 0 amide bonds. The van der Waals surface area contributed by atoms with Crippen molar-refractivity contribution in [2.75, 3.05) is 6.61 Å². The number of rotatable bonds is 9. The van der Waals surface area contributed by atoms with Crippen LogP contribution < -0.4 is 26.4 Å². The number of aliphatic hydroxyl groups excluding tert-OH is 1. The zero-order chi connectivity index (χ0) is 48.0. The molecular weight excluding hydrogens is 923 g/mol. The number of aromatic nitrogens is 2. The predicted molar refractivity (Wildman–Crippen MR) is 176 cm³/mol. The van der Waals surface area contributed by atoms with Crippen LogP contribution in [-0.2, 0) is 6.54 Å². The summed E-state index contributed by atoms with van der Waals surface area (Å²) in [7, 11) is 0. The van der Waals surface area contributed by atoms with Gasteiger partial charge in [-0.1, -0.05) is 30.3 Å². The lowest BCUT2D eigenvalue weighted by molar-refractivity contribution is -0.685. The molecule has 5 aromatic carbocycles. The molecule has 0 aliphatic rings. The molecule has 5 nitrogen and oxygen atoms in total. The minimum Gasteiger partial charge on any atom is -0.388 e. The van der Waals surface area contributed by atoms with Crippen LogP contribution in [0.1, 0.15) is 20.8 Å². The third kappa shape index (κ3) is 7.57. The van der Waals surface area contributed by atoms with Gasteiger partial charge in [-0.05, 0) is 0 Å². The van der Waals surface area contributed by atoms with Crippen molar-refractivity contribution in [2.45, 2.75) is 6.54 Å². The van der Waals surface area contributed by atoms with Gasteiger partial charge in [-0.2, -0.15) is 4.57 Å². The lowest BCUT2D eigenvalue weighted by atomic mass is 9.12. The van der Waals surface area contributed by atoms with Gasteiger partial charge in [0.05, 0.1) is 6.20 Å². The molecule has 0 spiro atoms. The van der Waals surface area contributed by atoms with Gasteiger partial charge in [0.1, 0.15) is 65.5 Å². The van der Waals surface area contributed by atoms with Crippen molar-refractivity contribution < 1.29 is 107 Å². The molecule has 0 saturated carbocycles. The third-order valence-corrected chi connectivity index (χ3v) is 9.39. The van der Waals surface area contributed by atoms with Crippen molar-refractivity contribution in [1.29, 1.82) is 0 Å². The lowest BCUT2D eigenvalue weighted by Gasteiger charge is -2.44. The number of ketones is 2. The van der Waals surface area contributed by atoms with E-state index < -0.39 is 157 Å². The summed E-state index contributed by atoms with van der Waals surface area (Å²) in [6, 6.07) is 8.83. The van der Waals surface area contributed by atoms with E-state index in [1.54, 1.807) is 30.5 Å². The van der Waals surface area contributed by atoms with Crippen LogP contribution in [0.25, 0.3) is 0 Å². The van der Waals surface area contributed by atoms with Crippen LogP contribution in [0.5, 0.6) is 0 Å². The van der Waals surface area contributed by atoms with Gasteiger partial charge in [0.25, 0.3) is 11.5 Å². The van der Waals surface area contributed by atoms with E-state index in [2.05, 4.69) is 4.98 Å². The van der Waals surface area contributed by atoms with E-state index in [1.807, 2.05) is 6.07 Å². The number of halogens is 20. The Morgan fingerprint density at radius 1 is 0.438 bits per heavy atom. The summed E-state index contributed by atoms with van der Waals surface area (Å²) in [6.07, 6.45) is -2.84. The molecule has 0 unspecified atom stereocenters. The minimum atomic E-state index is -7.22. The minimum absolute atomic E-state index is 0.0353. The van der Waals surface area contributed by atoms with Crippen molar-refractivity contribution in [3.05, 3.63) is 177 Å². The standard InChI is InChI=1S/C24BF20.C14H13N2O3/c26-5-1(6(27)14(35)21(42)13(5)34)25(2-7(28)15(36)22(43)16(37)8(2)29,3-9(30)17(38)23(44)18(39)10(3)31)4-11(32)19(40)24(45)20(41)12(4)33;17-10-14(19)12-8-15-6-7-16(12)9-13(18)11-4-2-1-3-5-11/h;1-8,17H,9-10H2/q-1;+1. The number of carbonyl (C=O) groups is 2. The first-order chi connectivity index (χ1) is 29.9. The zero-order valence-corrected chi connectivity index (χ0v) is 30.3. The van der Waals surface area contributed by atoms with Crippen molar-refractivity contribution >= 4 is 39.6 Å². The fourth-order valence-electron chi connectivity index (χ4n) is 6.58. The summed E-state index contributed by atoms with van der Waals surface area (Å²) in [4.78, 5) is 27.4. The number of carbonyl (C=O) groups excluding carboxylic acids is 2. The second-order valence-electron chi connectivity index (χ2n) is 12.8. The first kappa shape index (κ1) is 48.2. The van der Waals surface area contributed by atoms with Gasteiger partial charge >= 0.3 is 0 Å². The Bertz CT molecular complexity index is 2520. The van der Waals surface area contributed by atoms with Gasteiger partial charge in [-0.3, -0.25) is 14.6 Å². The van der Waals surface area contributed by atoms with E-state index in [9.17, 15) is 62.3 Å². The highest BCUT2D eigenvalue weighted by atomic mass is 19.2. The molecule has 0 radical (unpaired) electrons. The molecule has 6 rings (SSSR count). The molecule has 336 valence electrons. The Morgan fingerprint density at radius 3 is 1.00 bits per heavy atom. The van der Waals surface area contributed by atoms with Gasteiger partial charge < -0.3 is 5.11 Å². The molecule has 6 aromatic rings. The largest absolute Gasteiger partial charge is 0.388 e. The normalized spacial score (nSPS) is 11.5. The van der Waals surface area contributed by atoms with E-state index in [1.165, 1.54) is 17.0 Å².